The Morgan fingerprint density at radius 3 is 1.73 bits per heavy atom. The van der Waals surface area contributed by atoms with Crippen LogP contribution in [0.3, 0.4) is 0 Å². The summed E-state index contributed by atoms with van der Waals surface area (Å²) in [5.41, 5.74) is 0.414. The minimum atomic E-state index is 0.414. The van der Waals surface area contributed by atoms with E-state index < -0.39 is 0 Å². The normalized spacial score (nSPS) is 38.5. The van der Waals surface area contributed by atoms with Crippen molar-refractivity contribution in [1.29, 1.82) is 0 Å². The quantitative estimate of drug-likeness (QED) is 0.515. The minimum absolute atomic E-state index is 0.414. The molecular weight excluding hydrogens is 134 g/mol. The molecule has 0 N–H and O–H groups in total. The van der Waals surface area contributed by atoms with E-state index in [0.717, 1.165) is 11.8 Å². The van der Waals surface area contributed by atoms with E-state index in [1.54, 1.807) is 0 Å². The molecule has 1 aliphatic heterocycles. The number of hydrogen-bond donors (Lipinski definition) is 0. The Hall–Kier alpha value is -0.0400. The van der Waals surface area contributed by atoms with E-state index in [2.05, 4.69) is 25.7 Å². The standard InChI is InChI=1S/C10H19N/c1-10(2,3)11-6-8-4-5-9(8)7-11/h8-9H,4-7H2,1-3H3. The van der Waals surface area contributed by atoms with E-state index in [1.165, 1.54) is 25.9 Å². The van der Waals surface area contributed by atoms with Crippen LogP contribution in [0.2, 0.25) is 0 Å². The van der Waals surface area contributed by atoms with Gasteiger partial charge >= 0.3 is 0 Å². The van der Waals surface area contributed by atoms with Crippen molar-refractivity contribution in [2.45, 2.75) is 39.2 Å². The Morgan fingerprint density at radius 1 is 1.00 bits per heavy atom. The fourth-order valence-corrected chi connectivity index (χ4v) is 2.31. The van der Waals surface area contributed by atoms with Crippen molar-refractivity contribution < 1.29 is 0 Å². The second-order valence-corrected chi connectivity index (χ2v) is 5.17. The molecule has 2 aliphatic rings. The van der Waals surface area contributed by atoms with Crippen molar-refractivity contribution in [2.75, 3.05) is 13.1 Å². The number of nitrogens with zero attached hydrogens (tertiary/aromatic N) is 1. The van der Waals surface area contributed by atoms with Gasteiger partial charge in [0.05, 0.1) is 0 Å². The zero-order valence-corrected chi connectivity index (χ0v) is 7.93. The maximum absolute atomic E-state index is 2.65. The molecule has 0 bridgehead atoms. The van der Waals surface area contributed by atoms with Gasteiger partial charge in [0.25, 0.3) is 0 Å². The third kappa shape index (κ3) is 1.20. The van der Waals surface area contributed by atoms with E-state index in [0.29, 0.717) is 5.54 Å². The van der Waals surface area contributed by atoms with Crippen molar-refractivity contribution in [3.63, 3.8) is 0 Å². The highest BCUT2D eigenvalue weighted by molar-refractivity contribution is 4.95. The zero-order chi connectivity index (χ0) is 8.06. The molecule has 1 nitrogen and oxygen atoms in total. The Morgan fingerprint density at radius 2 is 1.45 bits per heavy atom. The van der Waals surface area contributed by atoms with Crippen molar-refractivity contribution in [3.8, 4) is 0 Å². The number of rotatable bonds is 0. The third-order valence-electron chi connectivity index (χ3n) is 3.43. The monoisotopic (exact) mass is 153 g/mol. The summed E-state index contributed by atoms with van der Waals surface area (Å²) in [5.74, 6) is 2.13. The number of fused-ring (bicyclic) bond motifs is 1. The van der Waals surface area contributed by atoms with Crippen LogP contribution in [-0.2, 0) is 0 Å². The minimum Gasteiger partial charge on any atom is -0.298 e. The second-order valence-electron chi connectivity index (χ2n) is 5.17. The molecule has 64 valence electrons. The van der Waals surface area contributed by atoms with Crippen LogP contribution in [0, 0.1) is 11.8 Å². The smallest absolute Gasteiger partial charge is 0.0125 e. The maximum Gasteiger partial charge on any atom is 0.0125 e. The van der Waals surface area contributed by atoms with Gasteiger partial charge in [-0.2, -0.15) is 0 Å². The highest BCUT2D eigenvalue weighted by atomic mass is 15.2. The summed E-state index contributed by atoms with van der Waals surface area (Å²) in [6.07, 6.45) is 2.99. The Bertz CT molecular complexity index is 145. The van der Waals surface area contributed by atoms with Crippen LogP contribution in [0.25, 0.3) is 0 Å². The summed E-state index contributed by atoms with van der Waals surface area (Å²) in [7, 11) is 0. The molecule has 11 heavy (non-hydrogen) atoms. The molecule has 0 spiro atoms. The highest BCUT2D eigenvalue weighted by Gasteiger charge is 2.42. The van der Waals surface area contributed by atoms with Gasteiger partial charge in [-0.25, -0.2) is 0 Å². The van der Waals surface area contributed by atoms with E-state index >= 15 is 0 Å². The van der Waals surface area contributed by atoms with Gasteiger partial charge in [-0.3, -0.25) is 4.90 Å². The molecule has 0 aromatic heterocycles. The van der Waals surface area contributed by atoms with E-state index in [9.17, 15) is 0 Å². The van der Waals surface area contributed by atoms with Crippen LogP contribution in [0.5, 0.6) is 0 Å². The molecule has 0 aromatic carbocycles. The zero-order valence-electron chi connectivity index (χ0n) is 7.93. The molecule has 1 saturated heterocycles. The molecule has 0 radical (unpaired) electrons. The average Bonchev–Trinajstić information content (AvgIpc) is 2.06. The van der Waals surface area contributed by atoms with E-state index in [-0.39, 0.29) is 0 Å². The summed E-state index contributed by atoms with van der Waals surface area (Å²) in [6, 6.07) is 0. The van der Waals surface area contributed by atoms with Gasteiger partial charge in [0, 0.05) is 18.6 Å². The topological polar surface area (TPSA) is 3.24 Å². The lowest BCUT2D eigenvalue weighted by molar-refractivity contribution is 0.169. The van der Waals surface area contributed by atoms with Crippen LogP contribution < -0.4 is 0 Å². The fraction of sp³-hybridized carbons (Fsp3) is 1.00. The summed E-state index contributed by atoms with van der Waals surface area (Å²) < 4.78 is 0. The van der Waals surface area contributed by atoms with Gasteiger partial charge in [0.15, 0.2) is 0 Å². The summed E-state index contributed by atoms with van der Waals surface area (Å²) in [4.78, 5) is 2.65. The molecular formula is C10H19N. The van der Waals surface area contributed by atoms with Gasteiger partial charge < -0.3 is 0 Å². The predicted molar refractivity (Wildman–Crippen MR) is 47.5 cm³/mol. The lowest BCUT2D eigenvalue weighted by Crippen LogP contribution is -2.39. The number of likely N-dealkylation sites (tertiary alicyclic amines) is 1. The summed E-state index contributed by atoms with van der Waals surface area (Å²) in [5, 5.41) is 0. The summed E-state index contributed by atoms with van der Waals surface area (Å²) in [6.45, 7) is 9.73. The van der Waals surface area contributed by atoms with E-state index in [1.807, 2.05) is 0 Å². The summed E-state index contributed by atoms with van der Waals surface area (Å²) >= 11 is 0. The van der Waals surface area contributed by atoms with Crippen molar-refractivity contribution in [1.82, 2.24) is 4.90 Å². The molecule has 2 fully saturated rings. The van der Waals surface area contributed by atoms with Gasteiger partial charge in [0.1, 0.15) is 0 Å². The molecule has 1 aliphatic carbocycles. The average molecular weight is 153 g/mol. The first-order valence-electron chi connectivity index (χ1n) is 4.82. The maximum atomic E-state index is 2.65. The molecule has 1 saturated carbocycles. The van der Waals surface area contributed by atoms with Crippen molar-refractivity contribution in [2.24, 2.45) is 11.8 Å². The molecule has 2 unspecified atom stereocenters. The molecule has 0 amide bonds. The molecule has 2 atom stereocenters. The third-order valence-corrected chi connectivity index (χ3v) is 3.43. The van der Waals surface area contributed by atoms with Crippen molar-refractivity contribution >= 4 is 0 Å². The van der Waals surface area contributed by atoms with Crippen LogP contribution in [0.15, 0.2) is 0 Å². The van der Waals surface area contributed by atoms with Gasteiger partial charge in [-0.1, -0.05) is 0 Å². The highest BCUT2D eigenvalue weighted by Crippen LogP contribution is 2.42. The van der Waals surface area contributed by atoms with Gasteiger partial charge in [-0.15, -0.1) is 0 Å². The van der Waals surface area contributed by atoms with Gasteiger partial charge in [0.2, 0.25) is 0 Å². The Labute approximate surface area is 69.8 Å². The second kappa shape index (κ2) is 2.22. The molecule has 1 heterocycles. The lowest BCUT2D eigenvalue weighted by atomic mass is 9.77. The lowest BCUT2D eigenvalue weighted by Gasteiger charge is -2.31. The SMILES string of the molecule is CC(C)(C)N1CC2CCC2C1. The van der Waals surface area contributed by atoms with Crippen LogP contribution in [0.1, 0.15) is 33.6 Å². The predicted octanol–water partition coefficient (Wildman–Crippen LogP) is 2.13. The number of hydrogen-bond acceptors (Lipinski definition) is 1. The molecule has 2 rings (SSSR count). The Balaban J connectivity index is 1.98. The van der Waals surface area contributed by atoms with Crippen LogP contribution in [-0.4, -0.2) is 23.5 Å². The molecule has 0 aromatic rings. The largest absolute Gasteiger partial charge is 0.298 e. The van der Waals surface area contributed by atoms with Crippen molar-refractivity contribution in [3.05, 3.63) is 0 Å². The molecule has 1 heteroatoms. The first-order chi connectivity index (χ1) is 5.07. The fourth-order valence-electron chi connectivity index (χ4n) is 2.31. The Kier molecular flexibility index (Phi) is 1.54. The first kappa shape index (κ1) is 7.60. The van der Waals surface area contributed by atoms with Gasteiger partial charge in [-0.05, 0) is 45.4 Å². The van der Waals surface area contributed by atoms with Crippen LogP contribution in [0.4, 0.5) is 0 Å². The van der Waals surface area contributed by atoms with E-state index in [4.69, 9.17) is 0 Å². The first-order valence-corrected chi connectivity index (χ1v) is 4.82. The van der Waals surface area contributed by atoms with Crippen LogP contribution >= 0.6 is 0 Å².